The summed E-state index contributed by atoms with van der Waals surface area (Å²) >= 11 is 5.11. The zero-order valence-corrected chi connectivity index (χ0v) is 17.8. The van der Waals surface area contributed by atoms with Crippen molar-refractivity contribution in [3.05, 3.63) is 70.4 Å². The van der Waals surface area contributed by atoms with Gasteiger partial charge in [0, 0.05) is 11.8 Å². The predicted octanol–water partition coefficient (Wildman–Crippen LogP) is 4.91. The van der Waals surface area contributed by atoms with Crippen molar-refractivity contribution in [3.63, 3.8) is 0 Å². The summed E-state index contributed by atoms with van der Waals surface area (Å²) in [6, 6.07) is 5.32. The number of rotatable bonds is 4. The Morgan fingerprint density at radius 2 is 1.70 bits per heavy atom. The van der Waals surface area contributed by atoms with Crippen molar-refractivity contribution in [2.75, 3.05) is 0 Å². The average Bonchev–Trinajstić information content (AvgIpc) is 3.14. The minimum atomic E-state index is -4.99. The van der Waals surface area contributed by atoms with Crippen LogP contribution in [0.4, 0.5) is 26.3 Å². The lowest BCUT2D eigenvalue weighted by Gasteiger charge is -2.18. The summed E-state index contributed by atoms with van der Waals surface area (Å²) in [5.74, 6) is 0.909. The number of aromatic nitrogens is 4. The van der Waals surface area contributed by atoms with Gasteiger partial charge in [-0.3, -0.25) is 0 Å². The molecule has 0 fully saturated rings. The first-order valence-corrected chi connectivity index (χ1v) is 9.61. The quantitative estimate of drug-likeness (QED) is 0.419. The predicted molar refractivity (Wildman–Crippen MR) is 108 cm³/mol. The molecule has 2 heterocycles. The van der Waals surface area contributed by atoms with E-state index >= 15 is 0 Å². The first-order chi connectivity index (χ1) is 15.3. The maximum absolute atomic E-state index is 13.1. The minimum Gasteiger partial charge on any atom is -0.366 e. The first kappa shape index (κ1) is 24.1. The number of nitrogens with one attached hydrogen (secondary N) is 1. The number of benzene rings is 1. The summed E-state index contributed by atoms with van der Waals surface area (Å²) in [6.07, 6.45) is -8.66. The highest BCUT2D eigenvalue weighted by Crippen LogP contribution is 2.36. The van der Waals surface area contributed by atoms with Crippen LogP contribution in [0.15, 0.2) is 36.5 Å². The second-order valence-electron chi connectivity index (χ2n) is 6.94. The molecule has 1 aromatic carbocycles. The normalized spacial score (nSPS) is 12.8. The van der Waals surface area contributed by atoms with Crippen molar-refractivity contribution in [1.82, 2.24) is 25.1 Å². The van der Waals surface area contributed by atoms with Crippen LogP contribution in [0.2, 0.25) is 0 Å². The maximum Gasteiger partial charge on any atom is 0.416 e. The van der Waals surface area contributed by atoms with Crippen LogP contribution in [0, 0.1) is 18.3 Å². The van der Waals surface area contributed by atoms with E-state index in [-0.39, 0.29) is 16.9 Å². The molecule has 13 heteroatoms. The monoisotopic (exact) mass is 484 g/mol. The molecule has 33 heavy (non-hydrogen) atoms. The summed E-state index contributed by atoms with van der Waals surface area (Å²) in [5.41, 5.74) is -3.07. The van der Waals surface area contributed by atoms with E-state index in [1.165, 1.54) is 23.0 Å². The molecule has 0 saturated heterocycles. The molecule has 1 unspecified atom stereocenters. The fourth-order valence-corrected chi connectivity index (χ4v) is 3.18. The number of nitrogens with zero attached hydrogens (tertiary/aromatic N) is 5. The van der Waals surface area contributed by atoms with Crippen molar-refractivity contribution in [3.8, 4) is 11.9 Å². The van der Waals surface area contributed by atoms with Gasteiger partial charge in [-0.05, 0) is 44.2 Å². The van der Waals surface area contributed by atoms with Gasteiger partial charge in [0.15, 0.2) is 11.6 Å². The Morgan fingerprint density at radius 3 is 2.18 bits per heavy atom. The number of hydrogen-bond donors (Lipinski definition) is 1. The molecule has 3 aromatic rings. The topological polar surface area (TPSA) is 79.4 Å². The van der Waals surface area contributed by atoms with E-state index < -0.39 is 35.1 Å². The van der Waals surface area contributed by atoms with E-state index in [0.29, 0.717) is 29.3 Å². The SMILES string of the molecule is Cc1nc(C(C)NC(=S)c2cc(C(F)(F)F)cc(C(F)(F)F)c2)n(-c2ccc(C#N)cn2)n1. The molecule has 6 nitrogen and oxygen atoms in total. The molecule has 0 bridgehead atoms. The molecule has 1 N–H and O–H groups in total. The van der Waals surface area contributed by atoms with E-state index in [9.17, 15) is 26.3 Å². The molecule has 0 radical (unpaired) electrons. The molecule has 0 aliphatic carbocycles. The van der Waals surface area contributed by atoms with Gasteiger partial charge in [-0.25, -0.2) is 9.97 Å². The third kappa shape index (κ3) is 5.46. The van der Waals surface area contributed by atoms with Gasteiger partial charge in [0.2, 0.25) is 0 Å². The van der Waals surface area contributed by atoms with Crippen LogP contribution in [0.25, 0.3) is 5.82 Å². The van der Waals surface area contributed by atoms with Gasteiger partial charge in [-0.2, -0.15) is 36.3 Å². The minimum absolute atomic E-state index is 0.0338. The highest BCUT2D eigenvalue weighted by molar-refractivity contribution is 7.80. The van der Waals surface area contributed by atoms with E-state index in [1.54, 1.807) is 13.8 Å². The molecule has 0 spiro atoms. The van der Waals surface area contributed by atoms with Crippen molar-refractivity contribution >= 4 is 17.2 Å². The Hall–Kier alpha value is -3.53. The highest BCUT2D eigenvalue weighted by atomic mass is 32.1. The van der Waals surface area contributed by atoms with E-state index in [4.69, 9.17) is 17.5 Å². The van der Waals surface area contributed by atoms with Crippen molar-refractivity contribution < 1.29 is 26.3 Å². The summed E-state index contributed by atoms with van der Waals surface area (Å²) < 4.78 is 80.2. The smallest absolute Gasteiger partial charge is 0.366 e. The van der Waals surface area contributed by atoms with Crippen LogP contribution in [0.3, 0.4) is 0 Å². The fraction of sp³-hybridized carbons (Fsp3) is 0.250. The first-order valence-electron chi connectivity index (χ1n) is 9.20. The Balaban J connectivity index is 1.94. The molecule has 3 rings (SSSR count). The van der Waals surface area contributed by atoms with E-state index in [1.807, 2.05) is 6.07 Å². The Kier molecular flexibility index (Phi) is 6.42. The molecule has 0 aliphatic rings. The molecular weight excluding hydrogens is 470 g/mol. The van der Waals surface area contributed by atoms with Crippen LogP contribution in [-0.4, -0.2) is 24.7 Å². The van der Waals surface area contributed by atoms with Crippen molar-refractivity contribution in [2.24, 2.45) is 0 Å². The zero-order valence-electron chi connectivity index (χ0n) is 17.0. The summed E-state index contributed by atoms with van der Waals surface area (Å²) in [5, 5.41) is 15.8. The number of thiocarbonyl (C=S) groups is 1. The van der Waals surface area contributed by atoms with Gasteiger partial charge in [0.05, 0.1) is 22.7 Å². The zero-order chi connectivity index (χ0) is 24.6. The summed E-state index contributed by atoms with van der Waals surface area (Å²) in [6.45, 7) is 3.16. The summed E-state index contributed by atoms with van der Waals surface area (Å²) in [7, 11) is 0. The van der Waals surface area contributed by atoms with Crippen LogP contribution in [0.5, 0.6) is 0 Å². The number of aryl methyl sites for hydroxylation is 1. The van der Waals surface area contributed by atoms with Crippen LogP contribution >= 0.6 is 12.2 Å². The highest BCUT2D eigenvalue weighted by Gasteiger charge is 2.37. The number of hydrogen-bond acceptors (Lipinski definition) is 5. The molecular formula is C20H14F6N6S. The standard InChI is InChI=1S/C20H14F6N6S/c1-10(17-30-11(2)31-32(17)16-4-3-12(8-27)9-28-16)29-18(33)13-5-14(19(21,22)23)7-15(6-13)20(24,25)26/h3-7,9-10H,1-2H3,(H,29,33). The van der Waals surface area contributed by atoms with Gasteiger partial charge >= 0.3 is 12.4 Å². The Bertz CT molecular complexity index is 1190. The van der Waals surface area contributed by atoms with Gasteiger partial charge in [0.1, 0.15) is 16.9 Å². The average molecular weight is 484 g/mol. The van der Waals surface area contributed by atoms with Crippen LogP contribution in [0.1, 0.15) is 46.9 Å². The van der Waals surface area contributed by atoms with Crippen molar-refractivity contribution in [2.45, 2.75) is 32.2 Å². The lowest BCUT2D eigenvalue weighted by molar-refractivity contribution is -0.143. The van der Waals surface area contributed by atoms with E-state index in [2.05, 4.69) is 20.4 Å². The van der Waals surface area contributed by atoms with Crippen LogP contribution < -0.4 is 5.32 Å². The number of pyridine rings is 1. The largest absolute Gasteiger partial charge is 0.416 e. The van der Waals surface area contributed by atoms with E-state index in [0.717, 1.165) is 0 Å². The number of halogens is 6. The third-order valence-electron chi connectivity index (χ3n) is 4.42. The Morgan fingerprint density at radius 1 is 1.09 bits per heavy atom. The molecule has 0 aliphatic heterocycles. The van der Waals surface area contributed by atoms with Gasteiger partial charge < -0.3 is 5.32 Å². The van der Waals surface area contributed by atoms with Gasteiger partial charge in [-0.15, -0.1) is 5.10 Å². The van der Waals surface area contributed by atoms with Crippen LogP contribution in [-0.2, 0) is 12.4 Å². The van der Waals surface area contributed by atoms with Gasteiger partial charge in [-0.1, -0.05) is 12.2 Å². The molecule has 1 atom stereocenters. The lowest BCUT2D eigenvalue weighted by atomic mass is 10.0. The third-order valence-corrected chi connectivity index (χ3v) is 4.77. The Labute approximate surface area is 188 Å². The molecule has 0 saturated carbocycles. The maximum atomic E-state index is 13.1. The number of nitriles is 1. The summed E-state index contributed by atoms with van der Waals surface area (Å²) in [4.78, 5) is 8.04. The fourth-order valence-electron chi connectivity index (χ4n) is 2.89. The molecule has 2 aromatic heterocycles. The number of alkyl halides is 6. The molecule has 0 amide bonds. The second-order valence-corrected chi connectivity index (χ2v) is 7.34. The molecule has 172 valence electrons. The van der Waals surface area contributed by atoms with Crippen molar-refractivity contribution in [1.29, 1.82) is 5.26 Å². The van der Waals surface area contributed by atoms with Gasteiger partial charge in [0.25, 0.3) is 0 Å². The lowest BCUT2D eigenvalue weighted by Crippen LogP contribution is -2.28. The second kappa shape index (κ2) is 8.78.